The minimum atomic E-state index is -0.334. The first-order valence-electron chi connectivity index (χ1n) is 7.15. The van der Waals surface area contributed by atoms with Crippen molar-refractivity contribution in [2.45, 2.75) is 58.1 Å². The standard InChI is InChI=1S/C14H27NO3/c1-4-11-8-6-7-9-13(11)18-10-12(15-5-2)14(16)17-3/h11-13,15H,4-10H2,1-3H3. The maximum Gasteiger partial charge on any atom is 0.325 e. The molecule has 0 aromatic heterocycles. The third-order valence-corrected chi connectivity index (χ3v) is 3.78. The van der Waals surface area contributed by atoms with E-state index in [0.717, 1.165) is 19.4 Å². The fourth-order valence-electron chi connectivity index (χ4n) is 2.68. The summed E-state index contributed by atoms with van der Waals surface area (Å²) in [5.41, 5.74) is 0. The molecule has 1 rings (SSSR count). The number of esters is 1. The highest BCUT2D eigenvalue weighted by atomic mass is 16.5. The number of nitrogens with one attached hydrogen (secondary N) is 1. The van der Waals surface area contributed by atoms with Gasteiger partial charge in [0.25, 0.3) is 0 Å². The molecular formula is C14H27NO3. The minimum Gasteiger partial charge on any atom is -0.468 e. The van der Waals surface area contributed by atoms with Gasteiger partial charge in [-0.05, 0) is 25.3 Å². The van der Waals surface area contributed by atoms with E-state index in [1.807, 2.05) is 6.92 Å². The first-order chi connectivity index (χ1) is 8.72. The van der Waals surface area contributed by atoms with E-state index in [1.165, 1.54) is 26.4 Å². The summed E-state index contributed by atoms with van der Waals surface area (Å²) in [6, 6.07) is -0.334. The topological polar surface area (TPSA) is 47.6 Å². The number of hydrogen-bond donors (Lipinski definition) is 1. The monoisotopic (exact) mass is 257 g/mol. The van der Waals surface area contributed by atoms with Crippen LogP contribution < -0.4 is 5.32 Å². The van der Waals surface area contributed by atoms with Crippen LogP contribution in [0.1, 0.15) is 46.0 Å². The van der Waals surface area contributed by atoms with E-state index in [4.69, 9.17) is 9.47 Å². The summed E-state index contributed by atoms with van der Waals surface area (Å²) >= 11 is 0. The van der Waals surface area contributed by atoms with Crippen LogP contribution in [0.4, 0.5) is 0 Å². The summed E-state index contributed by atoms with van der Waals surface area (Å²) in [6.07, 6.45) is 6.41. The predicted octanol–water partition coefficient (Wildman–Crippen LogP) is 2.12. The van der Waals surface area contributed by atoms with Gasteiger partial charge in [0.2, 0.25) is 0 Å². The number of rotatable bonds is 7. The lowest BCUT2D eigenvalue weighted by Gasteiger charge is -2.31. The molecule has 0 radical (unpaired) electrons. The summed E-state index contributed by atoms with van der Waals surface area (Å²) in [4.78, 5) is 11.6. The van der Waals surface area contributed by atoms with E-state index in [-0.39, 0.29) is 12.0 Å². The molecular weight excluding hydrogens is 230 g/mol. The van der Waals surface area contributed by atoms with Crippen LogP contribution in [-0.4, -0.2) is 38.4 Å². The van der Waals surface area contributed by atoms with Gasteiger partial charge in [0.15, 0.2) is 0 Å². The van der Waals surface area contributed by atoms with Crippen molar-refractivity contribution in [1.29, 1.82) is 0 Å². The lowest BCUT2D eigenvalue weighted by Crippen LogP contribution is -2.43. The summed E-state index contributed by atoms with van der Waals surface area (Å²) in [7, 11) is 1.42. The van der Waals surface area contributed by atoms with Gasteiger partial charge in [-0.25, -0.2) is 0 Å². The number of carbonyl (C=O) groups is 1. The summed E-state index contributed by atoms with van der Waals surface area (Å²) in [6.45, 7) is 5.35. The van der Waals surface area contributed by atoms with Gasteiger partial charge in [0, 0.05) is 0 Å². The molecule has 0 saturated heterocycles. The van der Waals surface area contributed by atoms with Gasteiger partial charge in [-0.1, -0.05) is 33.1 Å². The van der Waals surface area contributed by atoms with Crippen molar-refractivity contribution in [3.63, 3.8) is 0 Å². The van der Waals surface area contributed by atoms with Gasteiger partial charge < -0.3 is 14.8 Å². The molecule has 1 fully saturated rings. The zero-order chi connectivity index (χ0) is 13.4. The second-order valence-electron chi connectivity index (χ2n) is 4.96. The van der Waals surface area contributed by atoms with Crippen molar-refractivity contribution in [3.8, 4) is 0 Å². The molecule has 1 aliphatic rings. The molecule has 3 atom stereocenters. The molecule has 106 valence electrons. The smallest absolute Gasteiger partial charge is 0.325 e. The maximum absolute atomic E-state index is 11.6. The van der Waals surface area contributed by atoms with E-state index in [0.29, 0.717) is 18.6 Å². The Labute approximate surface area is 110 Å². The quantitative estimate of drug-likeness (QED) is 0.710. The van der Waals surface area contributed by atoms with Crippen molar-refractivity contribution in [2.75, 3.05) is 20.3 Å². The molecule has 0 aromatic carbocycles. The first-order valence-corrected chi connectivity index (χ1v) is 7.15. The number of methoxy groups -OCH3 is 1. The fourth-order valence-corrected chi connectivity index (χ4v) is 2.68. The van der Waals surface area contributed by atoms with Crippen LogP contribution in [0.2, 0.25) is 0 Å². The highest BCUT2D eigenvalue weighted by Gasteiger charge is 2.26. The SMILES string of the molecule is CCNC(COC1CCCCC1CC)C(=O)OC. The van der Waals surface area contributed by atoms with E-state index < -0.39 is 0 Å². The second-order valence-corrected chi connectivity index (χ2v) is 4.96. The van der Waals surface area contributed by atoms with Crippen molar-refractivity contribution in [1.82, 2.24) is 5.32 Å². The molecule has 3 unspecified atom stereocenters. The molecule has 0 amide bonds. The Hall–Kier alpha value is -0.610. The lowest BCUT2D eigenvalue weighted by molar-refractivity contribution is -0.146. The summed E-state index contributed by atoms with van der Waals surface area (Å²) in [5.74, 6) is 0.416. The van der Waals surface area contributed by atoms with Crippen molar-refractivity contribution in [3.05, 3.63) is 0 Å². The molecule has 0 bridgehead atoms. The van der Waals surface area contributed by atoms with Crippen molar-refractivity contribution < 1.29 is 14.3 Å². The summed E-state index contributed by atoms with van der Waals surface area (Å²) in [5, 5.41) is 3.11. The number of carbonyl (C=O) groups excluding carboxylic acids is 1. The average molecular weight is 257 g/mol. The molecule has 4 heteroatoms. The molecule has 0 aliphatic heterocycles. The van der Waals surface area contributed by atoms with Crippen LogP contribution in [0.25, 0.3) is 0 Å². The Morgan fingerprint density at radius 2 is 2.06 bits per heavy atom. The van der Waals surface area contributed by atoms with Crippen molar-refractivity contribution in [2.24, 2.45) is 5.92 Å². The molecule has 0 spiro atoms. The van der Waals surface area contributed by atoms with Gasteiger partial charge in [-0.2, -0.15) is 0 Å². The Morgan fingerprint density at radius 1 is 1.33 bits per heavy atom. The predicted molar refractivity (Wildman–Crippen MR) is 71.5 cm³/mol. The van der Waals surface area contributed by atoms with Crippen LogP contribution in [0, 0.1) is 5.92 Å². The highest BCUT2D eigenvalue weighted by Crippen LogP contribution is 2.29. The molecule has 4 nitrogen and oxygen atoms in total. The van der Waals surface area contributed by atoms with Crippen LogP contribution in [-0.2, 0) is 14.3 Å². The van der Waals surface area contributed by atoms with Gasteiger partial charge >= 0.3 is 5.97 Å². The first kappa shape index (κ1) is 15.4. The zero-order valence-corrected chi connectivity index (χ0v) is 11.9. The Morgan fingerprint density at radius 3 is 2.67 bits per heavy atom. The number of likely N-dealkylation sites (N-methyl/N-ethyl adjacent to an activating group) is 1. The molecule has 1 N–H and O–H groups in total. The Balaban J connectivity index is 2.42. The minimum absolute atomic E-state index is 0.235. The van der Waals surface area contributed by atoms with Crippen LogP contribution in [0.15, 0.2) is 0 Å². The van der Waals surface area contributed by atoms with Gasteiger partial charge in [0.1, 0.15) is 6.04 Å². The highest BCUT2D eigenvalue weighted by molar-refractivity contribution is 5.75. The van der Waals surface area contributed by atoms with E-state index in [9.17, 15) is 4.79 Å². The molecule has 1 saturated carbocycles. The van der Waals surface area contributed by atoms with Gasteiger partial charge in [-0.15, -0.1) is 0 Å². The zero-order valence-electron chi connectivity index (χ0n) is 11.9. The maximum atomic E-state index is 11.6. The average Bonchev–Trinajstić information content (AvgIpc) is 2.42. The largest absolute Gasteiger partial charge is 0.468 e. The van der Waals surface area contributed by atoms with Crippen LogP contribution in [0.5, 0.6) is 0 Å². The Kier molecular flexibility index (Phi) is 7.28. The molecule has 0 heterocycles. The van der Waals surface area contributed by atoms with Gasteiger partial charge in [0.05, 0.1) is 19.8 Å². The van der Waals surface area contributed by atoms with Crippen LogP contribution in [0.3, 0.4) is 0 Å². The molecule has 0 aromatic rings. The third-order valence-electron chi connectivity index (χ3n) is 3.78. The Bertz CT molecular complexity index is 245. The third kappa shape index (κ3) is 4.58. The summed E-state index contributed by atoms with van der Waals surface area (Å²) < 4.78 is 10.7. The van der Waals surface area contributed by atoms with E-state index in [2.05, 4.69) is 12.2 Å². The molecule has 18 heavy (non-hydrogen) atoms. The number of hydrogen-bond acceptors (Lipinski definition) is 4. The lowest BCUT2D eigenvalue weighted by atomic mass is 9.85. The molecule has 1 aliphatic carbocycles. The second kappa shape index (κ2) is 8.48. The fraction of sp³-hybridized carbons (Fsp3) is 0.929. The normalized spacial score (nSPS) is 25.7. The number of ether oxygens (including phenoxy) is 2. The van der Waals surface area contributed by atoms with E-state index >= 15 is 0 Å². The van der Waals surface area contributed by atoms with Crippen molar-refractivity contribution >= 4 is 5.97 Å². The van der Waals surface area contributed by atoms with Gasteiger partial charge in [-0.3, -0.25) is 4.79 Å². The van der Waals surface area contributed by atoms with Crippen LogP contribution >= 0.6 is 0 Å². The van der Waals surface area contributed by atoms with E-state index in [1.54, 1.807) is 0 Å².